The summed E-state index contributed by atoms with van der Waals surface area (Å²) in [7, 11) is 1.47. The largest absolute Gasteiger partial charge is 0.495 e. The molecule has 0 aliphatic heterocycles. The number of carbonyl (C=O) groups is 2. The summed E-state index contributed by atoms with van der Waals surface area (Å²) in [6.45, 7) is 3.97. The van der Waals surface area contributed by atoms with Crippen molar-refractivity contribution in [2.24, 2.45) is 5.10 Å². The molecule has 134 valence electrons. The highest BCUT2D eigenvalue weighted by Gasteiger charge is 2.14. The molecule has 0 saturated heterocycles. The van der Waals surface area contributed by atoms with E-state index in [4.69, 9.17) is 9.47 Å². The summed E-state index contributed by atoms with van der Waals surface area (Å²) in [5.41, 5.74) is 3.27. The van der Waals surface area contributed by atoms with Crippen molar-refractivity contribution in [3.8, 4) is 11.5 Å². The van der Waals surface area contributed by atoms with Crippen molar-refractivity contribution in [3.63, 3.8) is 0 Å². The molecule has 2 N–H and O–H groups in total. The van der Waals surface area contributed by atoms with Gasteiger partial charge in [0.25, 0.3) is 0 Å². The molecule has 0 spiro atoms. The first-order chi connectivity index (χ1) is 12.6. The second kappa shape index (κ2) is 9.63. The number of hydrogen-bond acceptors (Lipinski definition) is 5. The standard InChI is InChI=1S/C19H19N3O4/c1-3-11-26-15-8-6-7-14(12-15)13-20-22-19(24)18(23)21-16-9-4-5-10-17(16)25-2/h3-10,12-13H,1,11H2,2H3,(H,21,23)(H,22,24)/b20-13+. The second-order valence-corrected chi connectivity index (χ2v) is 5.03. The van der Waals surface area contributed by atoms with Crippen LogP contribution in [-0.4, -0.2) is 31.7 Å². The number of carbonyl (C=O) groups excluding carboxylic acids is 2. The summed E-state index contributed by atoms with van der Waals surface area (Å²) in [5, 5.41) is 6.24. The molecule has 0 saturated carbocycles. The quantitative estimate of drug-likeness (QED) is 0.346. The first-order valence-electron chi connectivity index (χ1n) is 7.75. The molecule has 7 nitrogen and oxygen atoms in total. The van der Waals surface area contributed by atoms with E-state index in [1.165, 1.54) is 13.3 Å². The number of benzene rings is 2. The third-order valence-corrected chi connectivity index (χ3v) is 3.17. The van der Waals surface area contributed by atoms with Gasteiger partial charge < -0.3 is 14.8 Å². The maximum Gasteiger partial charge on any atom is 0.329 e. The van der Waals surface area contributed by atoms with Gasteiger partial charge in [0, 0.05) is 0 Å². The van der Waals surface area contributed by atoms with Gasteiger partial charge in [-0.15, -0.1) is 0 Å². The molecule has 2 rings (SSSR count). The predicted molar refractivity (Wildman–Crippen MR) is 99.5 cm³/mol. The first-order valence-corrected chi connectivity index (χ1v) is 7.75. The lowest BCUT2D eigenvalue weighted by Crippen LogP contribution is -2.32. The lowest BCUT2D eigenvalue weighted by Gasteiger charge is -2.08. The molecule has 26 heavy (non-hydrogen) atoms. The maximum absolute atomic E-state index is 11.9. The fourth-order valence-electron chi connectivity index (χ4n) is 1.98. The maximum atomic E-state index is 11.9. The predicted octanol–water partition coefficient (Wildman–Crippen LogP) is 2.35. The van der Waals surface area contributed by atoms with Crippen molar-refractivity contribution < 1.29 is 19.1 Å². The van der Waals surface area contributed by atoms with E-state index in [1.54, 1.807) is 54.6 Å². The number of amides is 2. The summed E-state index contributed by atoms with van der Waals surface area (Å²) >= 11 is 0. The van der Waals surface area contributed by atoms with Gasteiger partial charge in [0.1, 0.15) is 18.1 Å². The highest BCUT2D eigenvalue weighted by molar-refractivity contribution is 6.39. The van der Waals surface area contributed by atoms with Crippen LogP contribution in [0.15, 0.2) is 66.3 Å². The lowest BCUT2D eigenvalue weighted by molar-refractivity contribution is -0.136. The molecular weight excluding hydrogens is 334 g/mol. The average molecular weight is 353 g/mol. The Morgan fingerprint density at radius 3 is 2.73 bits per heavy atom. The van der Waals surface area contributed by atoms with Gasteiger partial charge >= 0.3 is 11.8 Å². The molecule has 2 aromatic carbocycles. The van der Waals surface area contributed by atoms with Gasteiger partial charge in [0.15, 0.2) is 0 Å². The van der Waals surface area contributed by atoms with Crippen molar-refractivity contribution in [2.75, 3.05) is 19.0 Å². The monoisotopic (exact) mass is 353 g/mol. The van der Waals surface area contributed by atoms with Crippen LogP contribution in [0.3, 0.4) is 0 Å². The third-order valence-electron chi connectivity index (χ3n) is 3.17. The van der Waals surface area contributed by atoms with Crippen molar-refractivity contribution in [1.82, 2.24) is 5.43 Å². The van der Waals surface area contributed by atoms with Crippen LogP contribution in [0.5, 0.6) is 11.5 Å². The fraction of sp³-hybridized carbons (Fsp3) is 0.105. The van der Waals surface area contributed by atoms with E-state index in [2.05, 4.69) is 22.4 Å². The summed E-state index contributed by atoms with van der Waals surface area (Å²) in [4.78, 5) is 23.7. The van der Waals surface area contributed by atoms with Gasteiger partial charge in [-0.1, -0.05) is 36.9 Å². The number of anilines is 1. The van der Waals surface area contributed by atoms with E-state index in [0.717, 1.165) is 0 Å². The molecule has 0 unspecified atom stereocenters. The summed E-state index contributed by atoms with van der Waals surface area (Å²) in [6.07, 6.45) is 3.05. The van der Waals surface area contributed by atoms with Gasteiger partial charge in [-0.05, 0) is 29.8 Å². The Morgan fingerprint density at radius 2 is 1.96 bits per heavy atom. The van der Waals surface area contributed by atoms with E-state index in [-0.39, 0.29) is 0 Å². The molecular formula is C19H19N3O4. The molecule has 2 amide bonds. The molecule has 0 radical (unpaired) electrons. The van der Waals surface area contributed by atoms with E-state index in [0.29, 0.717) is 29.4 Å². The molecule has 0 atom stereocenters. The van der Waals surface area contributed by atoms with Crippen LogP contribution in [0.4, 0.5) is 5.69 Å². The molecule has 0 aliphatic carbocycles. The fourth-order valence-corrected chi connectivity index (χ4v) is 1.98. The molecule has 0 fully saturated rings. The first kappa shape index (κ1) is 18.7. The Balaban J connectivity index is 1.92. The SMILES string of the molecule is C=CCOc1cccc(/C=N/NC(=O)C(=O)Nc2ccccc2OC)c1. The Bertz CT molecular complexity index is 818. The van der Waals surface area contributed by atoms with Crippen molar-refractivity contribution in [2.45, 2.75) is 0 Å². The van der Waals surface area contributed by atoms with Crippen LogP contribution in [0.2, 0.25) is 0 Å². The third kappa shape index (κ3) is 5.48. The highest BCUT2D eigenvalue weighted by atomic mass is 16.5. The molecule has 7 heteroatoms. The Hall–Kier alpha value is -3.61. The zero-order valence-corrected chi connectivity index (χ0v) is 14.3. The zero-order chi connectivity index (χ0) is 18.8. The van der Waals surface area contributed by atoms with E-state index < -0.39 is 11.8 Å². The van der Waals surface area contributed by atoms with Crippen molar-refractivity contribution in [3.05, 3.63) is 66.7 Å². The zero-order valence-electron chi connectivity index (χ0n) is 14.3. The number of ether oxygens (including phenoxy) is 2. The van der Waals surface area contributed by atoms with Crippen LogP contribution in [0.1, 0.15) is 5.56 Å². The minimum Gasteiger partial charge on any atom is -0.495 e. The molecule has 0 bridgehead atoms. The lowest BCUT2D eigenvalue weighted by atomic mass is 10.2. The van der Waals surface area contributed by atoms with Crippen LogP contribution in [0, 0.1) is 0 Å². The number of methoxy groups -OCH3 is 1. The molecule has 0 aliphatic rings. The topological polar surface area (TPSA) is 89.0 Å². The number of para-hydroxylation sites is 2. The number of nitrogens with one attached hydrogen (secondary N) is 2. The van der Waals surface area contributed by atoms with Gasteiger partial charge in [-0.25, -0.2) is 5.43 Å². The smallest absolute Gasteiger partial charge is 0.329 e. The number of rotatable bonds is 7. The van der Waals surface area contributed by atoms with Gasteiger partial charge in [-0.2, -0.15) is 5.10 Å². The second-order valence-electron chi connectivity index (χ2n) is 5.03. The highest BCUT2D eigenvalue weighted by Crippen LogP contribution is 2.22. The Kier molecular flexibility index (Phi) is 6.93. The van der Waals surface area contributed by atoms with Crippen LogP contribution in [0.25, 0.3) is 0 Å². The summed E-state index contributed by atoms with van der Waals surface area (Å²) in [5.74, 6) is -0.650. The number of hydrogen-bond donors (Lipinski definition) is 2. The van der Waals surface area contributed by atoms with Crippen LogP contribution in [-0.2, 0) is 9.59 Å². The minimum atomic E-state index is -0.897. The Morgan fingerprint density at radius 1 is 1.15 bits per heavy atom. The van der Waals surface area contributed by atoms with E-state index in [9.17, 15) is 9.59 Å². The summed E-state index contributed by atoms with van der Waals surface area (Å²) < 4.78 is 10.5. The number of hydrazone groups is 1. The van der Waals surface area contributed by atoms with Crippen LogP contribution < -0.4 is 20.2 Å². The van der Waals surface area contributed by atoms with Crippen LogP contribution >= 0.6 is 0 Å². The van der Waals surface area contributed by atoms with E-state index >= 15 is 0 Å². The van der Waals surface area contributed by atoms with Gasteiger partial charge in [0.2, 0.25) is 0 Å². The summed E-state index contributed by atoms with van der Waals surface area (Å²) in [6, 6.07) is 13.9. The average Bonchev–Trinajstić information content (AvgIpc) is 2.67. The normalized spacial score (nSPS) is 10.2. The van der Waals surface area contributed by atoms with Gasteiger partial charge in [-0.3, -0.25) is 9.59 Å². The Labute approximate surface area is 151 Å². The molecule has 0 heterocycles. The van der Waals surface area contributed by atoms with Crippen molar-refractivity contribution >= 4 is 23.7 Å². The van der Waals surface area contributed by atoms with E-state index in [1.807, 2.05) is 0 Å². The molecule has 2 aromatic rings. The minimum absolute atomic E-state index is 0.389. The molecule has 0 aromatic heterocycles. The van der Waals surface area contributed by atoms with Gasteiger partial charge in [0.05, 0.1) is 19.0 Å². The number of nitrogens with zero attached hydrogens (tertiary/aromatic N) is 1. The van der Waals surface area contributed by atoms with Crippen molar-refractivity contribution in [1.29, 1.82) is 0 Å².